The van der Waals surface area contributed by atoms with E-state index in [0.29, 0.717) is 10.6 Å². The first-order valence-corrected chi connectivity index (χ1v) is 10.6. The third-order valence-corrected chi connectivity index (χ3v) is 6.63. The topological polar surface area (TPSA) is 91.3 Å². The molecule has 0 bridgehead atoms. The van der Waals surface area contributed by atoms with Gasteiger partial charge in [-0.3, -0.25) is 9.12 Å². The van der Waals surface area contributed by atoms with Crippen LogP contribution in [0, 0.1) is 0 Å². The minimum absolute atomic E-state index is 0.0400. The van der Waals surface area contributed by atoms with Gasteiger partial charge in [-0.25, -0.2) is 4.98 Å². The SMILES string of the molecule is CNCCc1c[nH]c2ccc(NS(=O)(=O)c3c(Cl)nc4sccn34)cc12. The standard InChI is InChI=1S/C16H16ClN5O2S2/c1-18-5-4-10-9-19-13-3-2-11(8-12(10)13)21-26(23,24)15-14(17)20-16-22(15)6-7-25-16/h2-3,6-9,18-19,21H,4-5H2,1H3. The van der Waals surface area contributed by atoms with Crippen LogP contribution in [0.25, 0.3) is 15.9 Å². The summed E-state index contributed by atoms with van der Waals surface area (Å²) in [6.45, 7) is 0.838. The highest BCUT2D eigenvalue weighted by atomic mass is 35.5. The Morgan fingerprint density at radius 2 is 2.23 bits per heavy atom. The Bertz CT molecular complexity index is 1190. The van der Waals surface area contributed by atoms with Crippen LogP contribution in [0.15, 0.2) is 41.0 Å². The summed E-state index contributed by atoms with van der Waals surface area (Å²) in [5.74, 6) is 0. The molecule has 0 aliphatic carbocycles. The molecule has 3 N–H and O–H groups in total. The van der Waals surface area contributed by atoms with Crippen LogP contribution in [0.1, 0.15) is 5.56 Å². The Kier molecular flexibility index (Phi) is 4.39. The first kappa shape index (κ1) is 17.3. The van der Waals surface area contributed by atoms with Crippen molar-refractivity contribution < 1.29 is 8.42 Å². The number of hydrogen-bond acceptors (Lipinski definition) is 5. The maximum atomic E-state index is 12.9. The number of thiazole rings is 1. The predicted molar refractivity (Wildman–Crippen MR) is 105 cm³/mol. The van der Waals surface area contributed by atoms with E-state index in [1.165, 1.54) is 15.7 Å². The zero-order chi connectivity index (χ0) is 18.3. The van der Waals surface area contributed by atoms with Gasteiger partial charge in [0.25, 0.3) is 10.0 Å². The Morgan fingerprint density at radius 3 is 3.04 bits per heavy atom. The van der Waals surface area contributed by atoms with Crippen molar-refractivity contribution in [1.29, 1.82) is 0 Å². The highest BCUT2D eigenvalue weighted by molar-refractivity contribution is 7.92. The second-order valence-corrected chi connectivity index (χ2v) is 8.63. The molecule has 0 saturated carbocycles. The predicted octanol–water partition coefficient (Wildman–Crippen LogP) is 3.09. The van der Waals surface area contributed by atoms with Crippen molar-refractivity contribution in [2.75, 3.05) is 18.3 Å². The number of rotatable bonds is 6. The summed E-state index contributed by atoms with van der Waals surface area (Å²) < 4.78 is 29.8. The maximum absolute atomic E-state index is 12.9. The third-order valence-electron chi connectivity index (χ3n) is 4.10. The number of aromatic nitrogens is 3. The van der Waals surface area contributed by atoms with Crippen LogP contribution >= 0.6 is 22.9 Å². The second-order valence-electron chi connectivity index (χ2n) is 5.80. The number of imidazole rings is 1. The maximum Gasteiger partial charge on any atom is 0.281 e. The fraction of sp³-hybridized carbons (Fsp3) is 0.188. The Labute approximate surface area is 159 Å². The van der Waals surface area contributed by atoms with E-state index in [4.69, 9.17) is 11.6 Å². The first-order valence-electron chi connectivity index (χ1n) is 7.88. The molecule has 136 valence electrons. The fourth-order valence-corrected chi connectivity index (χ4v) is 5.40. The number of H-pyrrole nitrogens is 1. The van der Waals surface area contributed by atoms with Crippen molar-refractivity contribution in [1.82, 2.24) is 19.7 Å². The van der Waals surface area contributed by atoms with Crippen LogP contribution in [0.5, 0.6) is 0 Å². The van der Waals surface area contributed by atoms with Crippen LogP contribution in [0.2, 0.25) is 5.15 Å². The lowest BCUT2D eigenvalue weighted by molar-refractivity contribution is 0.597. The lowest BCUT2D eigenvalue weighted by Gasteiger charge is -2.08. The van der Waals surface area contributed by atoms with Crippen LogP contribution in [0.3, 0.4) is 0 Å². The highest BCUT2D eigenvalue weighted by Crippen LogP contribution is 2.29. The van der Waals surface area contributed by atoms with E-state index in [1.54, 1.807) is 17.6 Å². The van der Waals surface area contributed by atoms with E-state index >= 15 is 0 Å². The summed E-state index contributed by atoms with van der Waals surface area (Å²) in [6, 6.07) is 5.40. The number of aromatic amines is 1. The fourth-order valence-electron chi connectivity index (χ4n) is 2.89. The van der Waals surface area contributed by atoms with Crippen molar-refractivity contribution in [2.24, 2.45) is 0 Å². The van der Waals surface area contributed by atoms with Gasteiger partial charge >= 0.3 is 0 Å². The molecule has 4 aromatic rings. The zero-order valence-electron chi connectivity index (χ0n) is 13.8. The van der Waals surface area contributed by atoms with Gasteiger partial charge in [0.05, 0.1) is 0 Å². The van der Waals surface area contributed by atoms with Crippen LogP contribution in [0.4, 0.5) is 5.69 Å². The molecule has 0 atom stereocenters. The molecular formula is C16H16ClN5O2S2. The summed E-state index contributed by atoms with van der Waals surface area (Å²) in [5, 5.41) is 5.77. The van der Waals surface area contributed by atoms with Gasteiger partial charge in [-0.2, -0.15) is 8.42 Å². The van der Waals surface area contributed by atoms with E-state index < -0.39 is 10.0 Å². The Balaban J connectivity index is 1.71. The van der Waals surface area contributed by atoms with Gasteiger partial charge in [0.1, 0.15) is 0 Å². The quantitative estimate of drug-likeness (QED) is 0.456. The number of fused-ring (bicyclic) bond motifs is 2. The number of benzene rings is 1. The summed E-state index contributed by atoms with van der Waals surface area (Å²) in [5.41, 5.74) is 2.56. The van der Waals surface area contributed by atoms with Crippen LogP contribution in [-0.4, -0.2) is 36.4 Å². The number of anilines is 1. The average Bonchev–Trinajstić information content (AvgIpc) is 3.26. The molecule has 1 aromatic carbocycles. The van der Waals surface area contributed by atoms with E-state index in [2.05, 4.69) is 20.0 Å². The number of likely N-dealkylation sites (N-methyl/N-ethyl adjacent to an activating group) is 1. The van der Waals surface area contributed by atoms with Gasteiger partial charge < -0.3 is 10.3 Å². The summed E-state index contributed by atoms with van der Waals surface area (Å²) in [4.78, 5) is 7.83. The Hall–Kier alpha value is -2.07. The smallest absolute Gasteiger partial charge is 0.281 e. The first-order chi connectivity index (χ1) is 12.5. The van der Waals surface area contributed by atoms with Gasteiger partial charge in [0, 0.05) is 34.4 Å². The van der Waals surface area contributed by atoms with Crippen molar-refractivity contribution in [2.45, 2.75) is 11.4 Å². The molecule has 10 heteroatoms. The average molecular weight is 410 g/mol. The number of nitrogens with zero attached hydrogens (tertiary/aromatic N) is 2. The Morgan fingerprint density at radius 1 is 1.38 bits per heavy atom. The summed E-state index contributed by atoms with van der Waals surface area (Å²) in [7, 11) is -1.98. The van der Waals surface area contributed by atoms with Gasteiger partial charge in [-0.1, -0.05) is 11.6 Å². The molecule has 0 aliphatic heterocycles. The van der Waals surface area contributed by atoms with Crippen molar-refractivity contribution in [3.63, 3.8) is 0 Å². The monoisotopic (exact) mass is 409 g/mol. The van der Waals surface area contributed by atoms with Crippen LogP contribution in [-0.2, 0) is 16.4 Å². The van der Waals surface area contributed by atoms with Crippen molar-refractivity contribution in [3.05, 3.63) is 46.7 Å². The molecule has 0 unspecified atom stereocenters. The van der Waals surface area contributed by atoms with E-state index in [9.17, 15) is 8.42 Å². The molecule has 0 amide bonds. The van der Waals surface area contributed by atoms with Gasteiger partial charge in [-0.15, -0.1) is 11.3 Å². The van der Waals surface area contributed by atoms with Gasteiger partial charge in [0.15, 0.2) is 15.1 Å². The molecular weight excluding hydrogens is 394 g/mol. The number of nitrogens with one attached hydrogen (secondary N) is 3. The lowest BCUT2D eigenvalue weighted by atomic mass is 10.1. The molecule has 0 spiro atoms. The molecule has 0 saturated heterocycles. The van der Waals surface area contributed by atoms with E-state index in [1.807, 2.05) is 25.4 Å². The van der Waals surface area contributed by atoms with Gasteiger partial charge in [-0.05, 0) is 43.8 Å². The van der Waals surface area contributed by atoms with Crippen molar-refractivity contribution >= 4 is 54.5 Å². The molecule has 4 rings (SSSR count). The number of sulfonamides is 1. The summed E-state index contributed by atoms with van der Waals surface area (Å²) in [6.07, 6.45) is 4.43. The number of hydrogen-bond donors (Lipinski definition) is 3. The molecule has 7 nitrogen and oxygen atoms in total. The van der Waals surface area contributed by atoms with E-state index in [0.717, 1.165) is 29.4 Å². The van der Waals surface area contributed by atoms with Crippen molar-refractivity contribution in [3.8, 4) is 0 Å². The van der Waals surface area contributed by atoms with Crippen LogP contribution < -0.4 is 10.0 Å². The zero-order valence-corrected chi connectivity index (χ0v) is 16.2. The largest absolute Gasteiger partial charge is 0.361 e. The third kappa shape index (κ3) is 2.96. The minimum atomic E-state index is -3.88. The molecule has 3 aromatic heterocycles. The van der Waals surface area contributed by atoms with E-state index in [-0.39, 0.29) is 10.2 Å². The number of halogens is 1. The molecule has 0 aliphatic rings. The molecule has 26 heavy (non-hydrogen) atoms. The lowest BCUT2D eigenvalue weighted by Crippen LogP contribution is -2.15. The highest BCUT2D eigenvalue weighted by Gasteiger charge is 2.25. The summed E-state index contributed by atoms with van der Waals surface area (Å²) >= 11 is 7.39. The minimum Gasteiger partial charge on any atom is -0.361 e. The molecule has 0 fully saturated rings. The normalized spacial score (nSPS) is 12.2. The second kappa shape index (κ2) is 6.58. The van der Waals surface area contributed by atoms with Gasteiger partial charge in [0.2, 0.25) is 0 Å². The molecule has 3 heterocycles. The molecule has 0 radical (unpaired) electrons.